The molecule has 0 N–H and O–H groups in total. The molecule has 2 aliphatic carbocycles. The molecule has 6 nitrogen and oxygen atoms in total. The van der Waals surface area contributed by atoms with Crippen LogP contribution in [0.2, 0.25) is 0 Å². The zero-order valence-corrected chi connectivity index (χ0v) is 15.1. The van der Waals surface area contributed by atoms with E-state index in [2.05, 4.69) is 10.1 Å². The van der Waals surface area contributed by atoms with Crippen LogP contribution < -0.4 is 0 Å². The standard InChI is InChI=1S/C18H24N4O2S/c23-25(24,17-5-6-17)22(16-3-1-2-4-16)14-13-21-12-9-18(20-21)15-7-10-19-11-8-15/h7-12,16-17H,1-6,13-14H2. The molecule has 2 aromatic heterocycles. The third-order valence-electron chi connectivity index (χ3n) is 5.17. The number of rotatable bonds is 7. The molecule has 0 spiro atoms. The molecule has 0 aliphatic heterocycles. The highest BCUT2D eigenvalue weighted by Gasteiger charge is 2.43. The van der Waals surface area contributed by atoms with Gasteiger partial charge in [0.25, 0.3) is 0 Å². The van der Waals surface area contributed by atoms with Crippen molar-refractivity contribution in [1.29, 1.82) is 0 Å². The van der Waals surface area contributed by atoms with Crippen LogP contribution in [-0.4, -0.2) is 45.3 Å². The molecule has 0 bridgehead atoms. The second kappa shape index (κ2) is 6.88. The zero-order valence-electron chi connectivity index (χ0n) is 14.3. The smallest absolute Gasteiger partial charge is 0.217 e. The van der Waals surface area contributed by atoms with Gasteiger partial charge in [0.2, 0.25) is 10.0 Å². The SMILES string of the molecule is O=S(=O)(C1CC1)N(CCn1ccc(-c2ccncc2)n1)C1CCCC1. The lowest BCUT2D eigenvalue weighted by molar-refractivity contribution is 0.305. The Morgan fingerprint density at radius 2 is 1.80 bits per heavy atom. The molecule has 25 heavy (non-hydrogen) atoms. The summed E-state index contributed by atoms with van der Waals surface area (Å²) in [6.07, 6.45) is 11.3. The lowest BCUT2D eigenvalue weighted by Gasteiger charge is -2.28. The van der Waals surface area contributed by atoms with Crippen LogP contribution >= 0.6 is 0 Å². The maximum atomic E-state index is 12.8. The summed E-state index contributed by atoms with van der Waals surface area (Å²) in [5, 5.41) is 4.45. The first-order valence-corrected chi connectivity index (χ1v) is 10.6. The lowest BCUT2D eigenvalue weighted by Crippen LogP contribution is -2.42. The highest BCUT2D eigenvalue weighted by Crippen LogP contribution is 2.35. The van der Waals surface area contributed by atoms with E-state index in [1.807, 2.05) is 29.1 Å². The van der Waals surface area contributed by atoms with E-state index >= 15 is 0 Å². The van der Waals surface area contributed by atoms with Crippen molar-refractivity contribution in [2.24, 2.45) is 0 Å². The maximum Gasteiger partial charge on any atom is 0.217 e. The van der Waals surface area contributed by atoms with Gasteiger partial charge in [-0.05, 0) is 43.9 Å². The van der Waals surface area contributed by atoms with Gasteiger partial charge in [0.15, 0.2) is 0 Å². The Labute approximate surface area is 148 Å². The zero-order chi connectivity index (χ0) is 17.3. The molecule has 7 heteroatoms. The lowest BCUT2D eigenvalue weighted by atomic mass is 10.2. The van der Waals surface area contributed by atoms with Crippen LogP contribution in [0.1, 0.15) is 38.5 Å². The fourth-order valence-electron chi connectivity index (χ4n) is 3.63. The molecule has 2 aliphatic rings. The van der Waals surface area contributed by atoms with Crippen LogP contribution in [0.3, 0.4) is 0 Å². The third-order valence-corrected chi connectivity index (χ3v) is 7.62. The highest BCUT2D eigenvalue weighted by atomic mass is 32.2. The van der Waals surface area contributed by atoms with Crippen LogP contribution in [0.4, 0.5) is 0 Å². The predicted octanol–water partition coefficient (Wildman–Crippen LogP) is 2.68. The highest BCUT2D eigenvalue weighted by molar-refractivity contribution is 7.90. The van der Waals surface area contributed by atoms with Crippen LogP contribution in [0.5, 0.6) is 0 Å². The number of hydrogen-bond acceptors (Lipinski definition) is 4. The Bertz CT molecular complexity index is 809. The maximum absolute atomic E-state index is 12.8. The Kier molecular flexibility index (Phi) is 4.60. The number of hydrogen-bond donors (Lipinski definition) is 0. The largest absolute Gasteiger partial charge is 0.271 e. The molecule has 4 rings (SSSR count). The molecule has 0 aromatic carbocycles. The van der Waals surface area contributed by atoms with Crippen molar-refractivity contribution in [1.82, 2.24) is 19.1 Å². The van der Waals surface area contributed by atoms with Crippen molar-refractivity contribution in [3.05, 3.63) is 36.8 Å². The van der Waals surface area contributed by atoms with E-state index in [1.54, 1.807) is 16.7 Å². The second-order valence-corrected chi connectivity index (χ2v) is 9.16. The van der Waals surface area contributed by atoms with E-state index in [9.17, 15) is 8.42 Å². The molecule has 134 valence electrons. The van der Waals surface area contributed by atoms with Gasteiger partial charge < -0.3 is 0 Å². The van der Waals surface area contributed by atoms with E-state index in [4.69, 9.17) is 0 Å². The number of pyridine rings is 1. The third kappa shape index (κ3) is 3.62. The first-order valence-electron chi connectivity index (χ1n) is 9.09. The average molecular weight is 360 g/mol. The fourth-order valence-corrected chi connectivity index (χ4v) is 5.71. The fraction of sp³-hybridized carbons (Fsp3) is 0.556. The van der Waals surface area contributed by atoms with Crippen molar-refractivity contribution in [3.63, 3.8) is 0 Å². The van der Waals surface area contributed by atoms with Crippen LogP contribution in [0.15, 0.2) is 36.8 Å². The molecule has 0 saturated heterocycles. The molecule has 2 saturated carbocycles. The van der Waals surface area contributed by atoms with Gasteiger partial charge in [-0.3, -0.25) is 9.67 Å². The second-order valence-electron chi connectivity index (χ2n) is 6.99. The Balaban J connectivity index is 1.47. The Morgan fingerprint density at radius 1 is 1.08 bits per heavy atom. The van der Waals surface area contributed by atoms with Gasteiger partial charge in [-0.25, -0.2) is 8.42 Å². The summed E-state index contributed by atoms with van der Waals surface area (Å²) in [5.41, 5.74) is 1.91. The first-order chi connectivity index (χ1) is 12.1. The van der Waals surface area contributed by atoms with E-state index in [1.165, 1.54) is 0 Å². The Morgan fingerprint density at radius 3 is 2.48 bits per heavy atom. The minimum atomic E-state index is -3.14. The van der Waals surface area contributed by atoms with Gasteiger partial charge in [0.05, 0.1) is 17.5 Å². The van der Waals surface area contributed by atoms with E-state index in [-0.39, 0.29) is 11.3 Å². The molecule has 2 aromatic rings. The van der Waals surface area contributed by atoms with Crippen molar-refractivity contribution >= 4 is 10.0 Å². The van der Waals surface area contributed by atoms with E-state index in [0.29, 0.717) is 13.1 Å². The number of sulfonamides is 1. The predicted molar refractivity (Wildman–Crippen MR) is 96.4 cm³/mol. The van der Waals surface area contributed by atoms with Gasteiger partial charge in [-0.15, -0.1) is 0 Å². The van der Waals surface area contributed by atoms with Gasteiger partial charge in [0.1, 0.15) is 0 Å². The molecule has 2 fully saturated rings. The van der Waals surface area contributed by atoms with Crippen LogP contribution in [0, 0.1) is 0 Å². The number of aromatic nitrogens is 3. The Hall–Kier alpha value is -1.73. The van der Waals surface area contributed by atoms with E-state index in [0.717, 1.165) is 49.8 Å². The summed E-state index contributed by atoms with van der Waals surface area (Å²) in [4.78, 5) is 4.02. The normalized spacial score (nSPS) is 18.9. The van der Waals surface area contributed by atoms with Crippen LogP contribution in [-0.2, 0) is 16.6 Å². The quantitative estimate of drug-likeness (QED) is 0.761. The van der Waals surface area contributed by atoms with Crippen molar-refractivity contribution in [2.75, 3.05) is 6.54 Å². The summed E-state index contributed by atoms with van der Waals surface area (Å²) in [7, 11) is -3.14. The van der Waals surface area contributed by atoms with E-state index < -0.39 is 10.0 Å². The molecule has 0 atom stereocenters. The molecule has 0 amide bonds. The molecular formula is C18H24N4O2S. The monoisotopic (exact) mass is 360 g/mol. The summed E-state index contributed by atoms with van der Waals surface area (Å²) < 4.78 is 29.3. The number of nitrogens with zero attached hydrogens (tertiary/aromatic N) is 4. The summed E-state index contributed by atoms with van der Waals surface area (Å²) in [5.74, 6) is 0. The molecule has 0 radical (unpaired) electrons. The van der Waals surface area contributed by atoms with Gasteiger partial charge in [-0.2, -0.15) is 9.40 Å². The summed E-state index contributed by atoms with van der Waals surface area (Å²) in [6, 6.07) is 6.00. The van der Waals surface area contributed by atoms with Crippen molar-refractivity contribution in [2.45, 2.75) is 56.4 Å². The average Bonchev–Trinajstić information content (AvgIpc) is 3.17. The summed E-state index contributed by atoms with van der Waals surface area (Å²) >= 11 is 0. The minimum absolute atomic E-state index is 0.141. The van der Waals surface area contributed by atoms with Crippen LogP contribution in [0.25, 0.3) is 11.3 Å². The first kappa shape index (κ1) is 16.7. The molecular weight excluding hydrogens is 336 g/mol. The summed E-state index contributed by atoms with van der Waals surface area (Å²) in [6.45, 7) is 1.11. The van der Waals surface area contributed by atoms with Gasteiger partial charge >= 0.3 is 0 Å². The van der Waals surface area contributed by atoms with Gasteiger partial charge in [-0.1, -0.05) is 12.8 Å². The van der Waals surface area contributed by atoms with Crippen molar-refractivity contribution < 1.29 is 8.42 Å². The minimum Gasteiger partial charge on any atom is -0.271 e. The van der Waals surface area contributed by atoms with Gasteiger partial charge in [0, 0.05) is 36.7 Å². The topological polar surface area (TPSA) is 68.1 Å². The molecule has 0 unspecified atom stereocenters. The molecule has 2 heterocycles. The van der Waals surface area contributed by atoms with Crippen molar-refractivity contribution in [3.8, 4) is 11.3 Å².